The Morgan fingerprint density at radius 2 is 2.19 bits per heavy atom. The predicted molar refractivity (Wildman–Crippen MR) is 85.4 cm³/mol. The SMILES string of the molecule is CC(C)OC(=O)c1c(NC(=O)CCl)sc2c1CC[C@H](C)C2. The van der Waals surface area contributed by atoms with Crippen molar-refractivity contribution in [2.24, 2.45) is 5.92 Å². The summed E-state index contributed by atoms with van der Waals surface area (Å²) in [7, 11) is 0. The summed E-state index contributed by atoms with van der Waals surface area (Å²) in [6.45, 7) is 5.83. The molecule has 6 heteroatoms. The average molecular weight is 330 g/mol. The molecule has 0 saturated heterocycles. The van der Waals surface area contributed by atoms with Crippen molar-refractivity contribution in [3.8, 4) is 0 Å². The second-order valence-electron chi connectivity index (χ2n) is 5.69. The number of nitrogens with one attached hydrogen (secondary N) is 1. The molecule has 1 aliphatic rings. The van der Waals surface area contributed by atoms with Crippen molar-refractivity contribution < 1.29 is 14.3 Å². The Balaban J connectivity index is 2.38. The Morgan fingerprint density at radius 1 is 1.48 bits per heavy atom. The molecule has 1 amide bonds. The van der Waals surface area contributed by atoms with Gasteiger partial charge in [-0.05, 0) is 44.6 Å². The number of rotatable bonds is 4. The van der Waals surface area contributed by atoms with E-state index in [9.17, 15) is 9.59 Å². The summed E-state index contributed by atoms with van der Waals surface area (Å²) in [5.74, 6) is -0.192. The number of anilines is 1. The van der Waals surface area contributed by atoms with Crippen LogP contribution in [0.2, 0.25) is 0 Å². The van der Waals surface area contributed by atoms with Gasteiger partial charge in [0, 0.05) is 4.88 Å². The Kier molecular flexibility index (Phi) is 5.27. The van der Waals surface area contributed by atoms with E-state index in [1.54, 1.807) is 0 Å². The van der Waals surface area contributed by atoms with Crippen LogP contribution in [0, 0.1) is 5.92 Å². The van der Waals surface area contributed by atoms with Crippen LogP contribution in [-0.4, -0.2) is 23.9 Å². The lowest BCUT2D eigenvalue weighted by Gasteiger charge is -2.18. The maximum Gasteiger partial charge on any atom is 0.341 e. The fourth-order valence-corrected chi connectivity index (χ4v) is 3.97. The summed E-state index contributed by atoms with van der Waals surface area (Å²) in [6, 6.07) is 0. The molecule has 4 nitrogen and oxygen atoms in total. The van der Waals surface area contributed by atoms with E-state index in [-0.39, 0.29) is 23.9 Å². The van der Waals surface area contributed by atoms with Crippen molar-refractivity contribution in [3.63, 3.8) is 0 Å². The molecule has 1 aromatic heterocycles. The molecular weight excluding hydrogens is 310 g/mol. The number of alkyl halides is 1. The minimum Gasteiger partial charge on any atom is -0.459 e. The van der Waals surface area contributed by atoms with E-state index < -0.39 is 0 Å². The summed E-state index contributed by atoms with van der Waals surface area (Å²) < 4.78 is 5.33. The number of carbonyl (C=O) groups is 2. The molecule has 0 saturated carbocycles. The van der Waals surface area contributed by atoms with Crippen molar-refractivity contribution in [2.75, 3.05) is 11.2 Å². The number of carbonyl (C=O) groups excluding carboxylic acids is 2. The van der Waals surface area contributed by atoms with Gasteiger partial charge in [0.15, 0.2) is 0 Å². The molecule has 116 valence electrons. The van der Waals surface area contributed by atoms with Gasteiger partial charge in [-0.2, -0.15) is 0 Å². The molecule has 0 aromatic carbocycles. The second-order valence-corrected chi connectivity index (χ2v) is 7.06. The van der Waals surface area contributed by atoms with Crippen molar-refractivity contribution in [1.29, 1.82) is 0 Å². The van der Waals surface area contributed by atoms with Gasteiger partial charge in [-0.1, -0.05) is 6.92 Å². The quantitative estimate of drug-likeness (QED) is 0.678. The molecule has 1 aromatic rings. The number of thiophene rings is 1. The molecule has 1 aliphatic carbocycles. The third kappa shape index (κ3) is 3.77. The lowest BCUT2D eigenvalue weighted by atomic mass is 9.88. The zero-order valence-electron chi connectivity index (χ0n) is 12.5. The Morgan fingerprint density at radius 3 is 2.81 bits per heavy atom. The number of hydrogen-bond acceptors (Lipinski definition) is 4. The highest BCUT2D eigenvalue weighted by atomic mass is 35.5. The van der Waals surface area contributed by atoms with Gasteiger partial charge in [0.25, 0.3) is 0 Å². The maximum atomic E-state index is 12.4. The lowest BCUT2D eigenvalue weighted by molar-refractivity contribution is -0.113. The fraction of sp³-hybridized carbons (Fsp3) is 0.600. The topological polar surface area (TPSA) is 55.4 Å². The molecule has 0 fully saturated rings. The van der Waals surface area contributed by atoms with E-state index in [1.165, 1.54) is 16.2 Å². The molecule has 1 atom stereocenters. The summed E-state index contributed by atoms with van der Waals surface area (Å²) in [4.78, 5) is 25.1. The van der Waals surface area contributed by atoms with Gasteiger partial charge in [-0.25, -0.2) is 4.79 Å². The van der Waals surface area contributed by atoms with Gasteiger partial charge in [-0.3, -0.25) is 4.79 Å². The summed E-state index contributed by atoms with van der Waals surface area (Å²) >= 11 is 7.02. The summed E-state index contributed by atoms with van der Waals surface area (Å²) in [5, 5.41) is 3.31. The lowest BCUT2D eigenvalue weighted by Crippen LogP contribution is -2.19. The van der Waals surface area contributed by atoms with Gasteiger partial charge in [0.05, 0.1) is 11.7 Å². The molecule has 0 bridgehead atoms. The van der Waals surface area contributed by atoms with Crippen molar-refractivity contribution in [3.05, 3.63) is 16.0 Å². The molecule has 1 heterocycles. The number of halogens is 1. The highest BCUT2D eigenvalue weighted by Crippen LogP contribution is 2.40. The Labute approximate surface area is 133 Å². The van der Waals surface area contributed by atoms with E-state index >= 15 is 0 Å². The van der Waals surface area contributed by atoms with Crippen LogP contribution < -0.4 is 5.32 Å². The molecule has 0 aliphatic heterocycles. The monoisotopic (exact) mass is 329 g/mol. The molecule has 2 rings (SSSR count). The largest absolute Gasteiger partial charge is 0.459 e. The van der Waals surface area contributed by atoms with Crippen molar-refractivity contribution in [1.82, 2.24) is 0 Å². The zero-order chi connectivity index (χ0) is 15.6. The summed E-state index contributed by atoms with van der Waals surface area (Å²) in [6.07, 6.45) is 2.66. The number of esters is 1. The highest BCUT2D eigenvalue weighted by Gasteiger charge is 2.29. The van der Waals surface area contributed by atoms with Crippen LogP contribution in [-0.2, 0) is 22.4 Å². The molecular formula is C15H20ClNO3S. The van der Waals surface area contributed by atoms with Crippen LogP contribution in [0.4, 0.5) is 5.00 Å². The van der Waals surface area contributed by atoms with E-state index in [1.807, 2.05) is 13.8 Å². The molecule has 0 spiro atoms. The van der Waals surface area contributed by atoms with Gasteiger partial charge in [-0.15, -0.1) is 22.9 Å². The fourth-order valence-electron chi connectivity index (χ4n) is 2.49. The minimum atomic E-state index is -0.359. The Bertz CT molecular complexity index is 553. The predicted octanol–water partition coefficient (Wildman–Crippen LogP) is 3.62. The maximum absolute atomic E-state index is 12.4. The number of ether oxygens (including phenoxy) is 1. The van der Waals surface area contributed by atoms with Crippen molar-refractivity contribution in [2.45, 2.75) is 46.1 Å². The standard InChI is InChI=1S/C15H20ClNO3S/c1-8(2)20-15(19)13-10-5-4-9(3)6-11(10)21-14(13)17-12(18)7-16/h8-9H,4-7H2,1-3H3,(H,17,18)/t9-/m0/s1. The van der Waals surface area contributed by atoms with Crippen LogP contribution in [0.15, 0.2) is 0 Å². The summed E-state index contributed by atoms with van der Waals surface area (Å²) in [5.41, 5.74) is 1.56. The van der Waals surface area contributed by atoms with E-state index in [4.69, 9.17) is 16.3 Å². The van der Waals surface area contributed by atoms with E-state index in [0.29, 0.717) is 16.5 Å². The first kappa shape index (κ1) is 16.3. The van der Waals surface area contributed by atoms with Gasteiger partial charge >= 0.3 is 5.97 Å². The van der Waals surface area contributed by atoms with Gasteiger partial charge < -0.3 is 10.1 Å². The normalized spacial score (nSPS) is 17.5. The van der Waals surface area contributed by atoms with Crippen LogP contribution in [0.1, 0.15) is 48.0 Å². The minimum absolute atomic E-state index is 0.127. The first-order valence-electron chi connectivity index (χ1n) is 7.13. The van der Waals surface area contributed by atoms with E-state index in [0.717, 1.165) is 24.8 Å². The van der Waals surface area contributed by atoms with Crippen LogP contribution in [0.5, 0.6) is 0 Å². The molecule has 0 radical (unpaired) electrons. The average Bonchev–Trinajstić information content (AvgIpc) is 2.74. The van der Waals surface area contributed by atoms with Crippen LogP contribution in [0.3, 0.4) is 0 Å². The van der Waals surface area contributed by atoms with Gasteiger partial charge in [0.2, 0.25) is 5.91 Å². The molecule has 1 N–H and O–H groups in total. The van der Waals surface area contributed by atoms with Gasteiger partial charge in [0.1, 0.15) is 10.9 Å². The zero-order valence-corrected chi connectivity index (χ0v) is 14.1. The third-order valence-electron chi connectivity index (χ3n) is 3.43. The van der Waals surface area contributed by atoms with Crippen LogP contribution >= 0.6 is 22.9 Å². The van der Waals surface area contributed by atoms with Crippen molar-refractivity contribution >= 4 is 39.8 Å². The van der Waals surface area contributed by atoms with E-state index in [2.05, 4.69) is 12.2 Å². The second kappa shape index (κ2) is 6.79. The first-order valence-corrected chi connectivity index (χ1v) is 8.48. The molecule has 21 heavy (non-hydrogen) atoms. The molecule has 0 unspecified atom stereocenters. The number of fused-ring (bicyclic) bond motifs is 1. The highest BCUT2D eigenvalue weighted by molar-refractivity contribution is 7.17. The first-order chi connectivity index (χ1) is 9.92. The third-order valence-corrected chi connectivity index (χ3v) is 4.85. The Hall–Kier alpha value is -1.07. The number of hydrogen-bond donors (Lipinski definition) is 1. The van der Waals surface area contributed by atoms with Crippen LogP contribution in [0.25, 0.3) is 0 Å². The smallest absolute Gasteiger partial charge is 0.341 e. The number of amides is 1.